The maximum Gasteiger partial charge on any atom is 0.416 e. The summed E-state index contributed by atoms with van der Waals surface area (Å²) in [5.74, 6) is -0.0354. The van der Waals surface area contributed by atoms with E-state index in [1.165, 1.54) is 22.8 Å². The third-order valence-corrected chi connectivity index (χ3v) is 7.60. The number of allylic oxidation sites excluding steroid dienone is 1. The summed E-state index contributed by atoms with van der Waals surface area (Å²) in [7, 11) is 3.83. The number of aromatic nitrogens is 1. The van der Waals surface area contributed by atoms with Gasteiger partial charge in [0.1, 0.15) is 11.5 Å². The van der Waals surface area contributed by atoms with Crippen molar-refractivity contribution < 1.29 is 27.1 Å². The molecule has 2 aromatic carbocycles. The number of ether oxygens (including phenoxy) is 1. The van der Waals surface area contributed by atoms with Gasteiger partial charge in [-0.15, -0.1) is 0 Å². The molecule has 0 radical (unpaired) electrons. The summed E-state index contributed by atoms with van der Waals surface area (Å²) in [5, 5.41) is 0. The van der Waals surface area contributed by atoms with E-state index in [0.29, 0.717) is 20.6 Å². The van der Waals surface area contributed by atoms with Crippen LogP contribution in [0.15, 0.2) is 86.1 Å². The van der Waals surface area contributed by atoms with Crippen molar-refractivity contribution in [3.63, 3.8) is 0 Å². The Morgan fingerprint density at radius 2 is 1.88 bits per heavy atom. The number of anilines is 1. The van der Waals surface area contributed by atoms with Crippen LogP contribution in [0.1, 0.15) is 36.8 Å². The maximum atomic E-state index is 13.8. The Labute approximate surface area is 237 Å². The van der Waals surface area contributed by atoms with Gasteiger partial charge < -0.3 is 14.1 Å². The number of fused-ring (bicyclic) bond motifs is 1. The Morgan fingerprint density at radius 1 is 1.15 bits per heavy atom. The Bertz CT molecular complexity index is 1830. The lowest BCUT2D eigenvalue weighted by molar-refractivity contribution is -0.139. The first-order chi connectivity index (χ1) is 19.5. The minimum absolute atomic E-state index is 0.166. The summed E-state index contributed by atoms with van der Waals surface area (Å²) in [6.07, 6.45) is -2.96. The molecular formula is C30H26F3N3O4S. The molecule has 1 unspecified atom stereocenters. The molecule has 212 valence electrons. The van der Waals surface area contributed by atoms with Crippen LogP contribution < -0.4 is 19.8 Å². The van der Waals surface area contributed by atoms with Crippen LogP contribution in [0.4, 0.5) is 18.9 Å². The molecule has 1 aliphatic heterocycles. The van der Waals surface area contributed by atoms with Gasteiger partial charge in [0.15, 0.2) is 4.80 Å². The summed E-state index contributed by atoms with van der Waals surface area (Å²) in [6.45, 7) is 3.58. The molecule has 0 aliphatic carbocycles. The second-order valence-electron chi connectivity index (χ2n) is 9.57. The molecule has 0 amide bonds. The number of alkyl halides is 3. The molecule has 1 atom stereocenters. The molecule has 2 aromatic heterocycles. The van der Waals surface area contributed by atoms with Crippen LogP contribution in [0.3, 0.4) is 0 Å². The van der Waals surface area contributed by atoms with E-state index >= 15 is 0 Å². The quantitative estimate of drug-likeness (QED) is 0.295. The predicted octanol–water partition coefficient (Wildman–Crippen LogP) is 5.14. The number of halogens is 3. The lowest BCUT2D eigenvalue weighted by Crippen LogP contribution is -2.39. The number of hydrogen-bond acceptors (Lipinski definition) is 7. The van der Waals surface area contributed by atoms with E-state index in [9.17, 15) is 22.8 Å². The number of nitrogens with zero attached hydrogens (tertiary/aromatic N) is 3. The molecule has 0 saturated carbocycles. The van der Waals surface area contributed by atoms with Crippen molar-refractivity contribution in [1.29, 1.82) is 0 Å². The van der Waals surface area contributed by atoms with Gasteiger partial charge >= 0.3 is 12.1 Å². The van der Waals surface area contributed by atoms with Crippen LogP contribution >= 0.6 is 11.3 Å². The van der Waals surface area contributed by atoms with Crippen molar-refractivity contribution in [3.8, 4) is 11.3 Å². The Hall–Kier alpha value is -4.38. The summed E-state index contributed by atoms with van der Waals surface area (Å²) < 4.78 is 52.4. The number of carbonyl (C=O) groups is 1. The first-order valence-electron chi connectivity index (χ1n) is 12.7. The van der Waals surface area contributed by atoms with E-state index in [-0.39, 0.29) is 34.8 Å². The zero-order valence-electron chi connectivity index (χ0n) is 22.7. The van der Waals surface area contributed by atoms with Crippen LogP contribution in [0, 0.1) is 0 Å². The SMILES string of the molecule is CCOC(=O)C1=C(C)N=c2s/c(=C/c3ccc(-c4cccc(C(F)(F)F)c4)o3)c(=O)n2C1c1ccc(N(C)C)cc1. The van der Waals surface area contributed by atoms with Crippen molar-refractivity contribution in [2.45, 2.75) is 26.1 Å². The number of thiazole rings is 1. The minimum Gasteiger partial charge on any atom is -0.463 e. The average Bonchev–Trinajstić information content (AvgIpc) is 3.52. The first-order valence-corrected chi connectivity index (χ1v) is 13.5. The van der Waals surface area contributed by atoms with Crippen molar-refractivity contribution >= 4 is 29.1 Å². The molecule has 0 N–H and O–H groups in total. The molecule has 41 heavy (non-hydrogen) atoms. The Balaban J connectivity index is 1.60. The molecular weight excluding hydrogens is 555 g/mol. The lowest BCUT2D eigenvalue weighted by atomic mass is 9.95. The second kappa shape index (κ2) is 10.9. The van der Waals surface area contributed by atoms with Gasteiger partial charge in [0, 0.05) is 31.4 Å². The van der Waals surface area contributed by atoms with Gasteiger partial charge in [0.25, 0.3) is 5.56 Å². The van der Waals surface area contributed by atoms with Crippen LogP contribution in [0.25, 0.3) is 17.4 Å². The average molecular weight is 582 g/mol. The number of benzene rings is 2. The monoisotopic (exact) mass is 581 g/mol. The molecule has 0 spiro atoms. The standard InChI is InChI=1S/C30H26F3N3O4S/c1-5-39-28(38)25-17(2)34-29-36(26(25)18-9-11-21(12-10-18)35(3)4)27(37)24(41-29)16-22-13-14-23(40-22)19-7-6-8-20(15-19)30(31,32)33/h6-16,26H,5H2,1-4H3/b24-16+. The zero-order chi connectivity index (χ0) is 29.5. The van der Waals surface area contributed by atoms with Gasteiger partial charge in [-0.25, -0.2) is 9.79 Å². The van der Waals surface area contributed by atoms with Crippen LogP contribution in [0.2, 0.25) is 0 Å². The second-order valence-corrected chi connectivity index (χ2v) is 10.6. The highest BCUT2D eigenvalue weighted by Gasteiger charge is 2.33. The summed E-state index contributed by atoms with van der Waals surface area (Å²) in [5.41, 5.74) is 1.47. The van der Waals surface area contributed by atoms with Crippen molar-refractivity contribution in [2.24, 2.45) is 4.99 Å². The number of carbonyl (C=O) groups excluding carboxylic acids is 1. The van der Waals surface area contributed by atoms with Crippen LogP contribution in [-0.2, 0) is 15.7 Å². The van der Waals surface area contributed by atoms with E-state index < -0.39 is 23.8 Å². The topological polar surface area (TPSA) is 77.0 Å². The molecule has 4 aromatic rings. The number of rotatable bonds is 6. The van der Waals surface area contributed by atoms with Crippen LogP contribution in [0.5, 0.6) is 0 Å². The lowest BCUT2D eigenvalue weighted by Gasteiger charge is -2.25. The molecule has 1 aliphatic rings. The molecule has 11 heteroatoms. The third-order valence-electron chi connectivity index (χ3n) is 6.62. The number of furan rings is 1. The number of esters is 1. The van der Waals surface area contributed by atoms with Crippen molar-refractivity contribution in [2.75, 3.05) is 25.6 Å². The maximum absolute atomic E-state index is 13.8. The van der Waals surface area contributed by atoms with Gasteiger partial charge in [-0.05, 0) is 55.8 Å². The van der Waals surface area contributed by atoms with Crippen LogP contribution in [-0.4, -0.2) is 31.2 Å². The molecule has 5 rings (SSSR count). The molecule has 3 heterocycles. The normalized spacial score (nSPS) is 15.5. The largest absolute Gasteiger partial charge is 0.463 e. The summed E-state index contributed by atoms with van der Waals surface area (Å²) in [4.78, 5) is 33.7. The predicted molar refractivity (Wildman–Crippen MR) is 150 cm³/mol. The first kappa shape index (κ1) is 28.2. The van der Waals surface area contributed by atoms with E-state index in [1.54, 1.807) is 26.0 Å². The van der Waals surface area contributed by atoms with Crippen molar-refractivity contribution in [1.82, 2.24) is 4.57 Å². The minimum atomic E-state index is -4.48. The van der Waals surface area contributed by atoms with E-state index in [0.717, 1.165) is 29.2 Å². The fourth-order valence-electron chi connectivity index (χ4n) is 4.63. The van der Waals surface area contributed by atoms with Gasteiger partial charge in [-0.1, -0.05) is 35.6 Å². The molecule has 0 fully saturated rings. The van der Waals surface area contributed by atoms with E-state index in [2.05, 4.69) is 4.99 Å². The Kier molecular flexibility index (Phi) is 7.48. The molecule has 0 bridgehead atoms. The highest BCUT2D eigenvalue weighted by Crippen LogP contribution is 2.33. The number of hydrogen-bond donors (Lipinski definition) is 0. The van der Waals surface area contributed by atoms with Gasteiger partial charge in [-0.3, -0.25) is 9.36 Å². The van der Waals surface area contributed by atoms with Crippen molar-refractivity contribution in [3.05, 3.63) is 109 Å². The van der Waals surface area contributed by atoms with E-state index in [4.69, 9.17) is 9.15 Å². The smallest absolute Gasteiger partial charge is 0.416 e. The van der Waals surface area contributed by atoms with Gasteiger partial charge in [0.2, 0.25) is 0 Å². The van der Waals surface area contributed by atoms with Gasteiger partial charge in [-0.2, -0.15) is 13.2 Å². The molecule has 0 saturated heterocycles. The third kappa shape index (κ3) is 5.49. The molecule has 7 nitrogen and oxygen atoms in total. The van der Waals surface area contributed by atoms with Gasteiger partial charge in [0.05, 0.1) is 34.0 Å². The Morgan fingerprint density at radius 3 is 2.54 bits per heavy atom. The fraction of sp³-hybridized carbons (Fsp3) is 0.233. The fourth-order valence-corrected chi connectivity index (χ4v) is 5.65. The highest BCUT2D eigenvalue weighted by molar-refractivity contribution is 7.07. The summed E-state index contributed by atoms with van der Waals surface area (Å²) >= 11 is 1.13. The van der Waals surface area contributed by atoms with E-state index in [1.807, 2.05) is 43.3 Å². The zero-order valence-corrected chi connectivity index (χ0v) is 23.5. The highest BCUT2D eigenvalue weighted by atomic mass is 32.1. The summed E-state index contributed by atoms with van der Waals surface area (Å²) in [6, 6.07) is 14.7.